The van der Waals surface area contributed by atoms with Crippen molar-refractivity contribution in [1.29, 1.82) is 0 Å². The summed E-state index contributed by atoms with van der Waals surface area (Å²) in [6, 6.07) is 3.60. The molecular formula is C13H12N4O. The summed E-state index contributed by atoms with van der Waals surface area (Å²) in [6.07, 6.45) is 6.59. The molecule has 0 aromatic carbocycles. The maximum atomic E-state index is 9.50. The zero-order valence-corrected chi connectivity index (χ0v) is 9.91. The number of rotatable bonds is 2. The Labute approximate surface area is 104 Å². The lowest BCUT2D eigenvalue weighted by Crippen LogP contribution is -1.97. The Bertz CT molecular complexity index is 705. The van der Waals surface area contributed by atoms with E-state index in [0.29, 0.717) is 0 Å². The Balaban J connectivity index is 2.28. The standard InChI is InChI=1S/C13H12N4O/c1-2-17-12-3-4-14-8-11(12)16-13(17)9-5-10(18)7-15-6-9/h3-8,18H,2H2,1H3. The van der Waals surface area contributed by atoms with Crippen LogP contribution in [0.4, 0.5) is 0 Å². The predicted molar refractivity (Wildman–Crippen MR) is 68.1 cm³/mol. The molecule has 3 heterocycles. The van der Waals surface area contributed by atoms with Crippen LogP contribution in [-0.4, -0.2) is 24.6 Å². The van der Waals surface area contributed by atoms with Gasteiger partial charge in [-0.3, -0.25) is 9.97 Å². The molecule has 3 rings (SSSR count). The van der Waals surface area contributed by atoms with Crippen LogP contribution in [0.15, 0.2) is 36.9 Å². The van der Waals surface area contributed by atoms with Crippen molar-refractivity contribution in [3.8, 4) is 17.1 Å². The van der Waals surface area contributed by atoms with Gasteiger partial charge < -0.3 is 9.67 Å². The molecule has 0 unspecified atom stereocenters. The van der Waals surface area contributed by atoms with Crippen molar-refractivity contribution in [3.05, 3.63) is 36.9 Å². The molecule has 0 amide bonds. The van der Waals surface area contributed by atoms with Gasteiger partial charge in [-0.15, -0.1) is 0 Å². The van der Waals surface area contributed by atoms with Crippen LogP contribution in [0.3, 0.4) is 0 Å². The third kappa shape index (κ3) is 1.60. The molecule has 0 radical (unpaired) electrons. The topological polar surface area (TPSA) is 63.8 Å². The summed E-state index contributed by atoms with van der Waals surface area (Å²) in [5, 5.41) is 9.50. The number of aromatic nitrogens is 4. The quantitative estimate of drug-likeness (QED) is 0.746. The van der Waals surface area contributed by atoms with Gasteiger partial charge in [0.05, 0.1) is 17.9 Å². The van der Waals surface area contributed by atoms with Crippen LogP contribution in [-0.2, 0) is 6.54 Å². The molecule has 0 aliphatic carbocycles. The van der Waals surface area contributed by atoms with Crippen molar-refractivity contribution in [2.45, 2.75) is 13.5 Å². The van der Waals surface area contributed by atoms with Gasteiger partial charge in [-0.05, 0) is 19.1 Å². The normalized spacial score (nSPS) is 10.9. The first-order valence-electron chi connectivity index (χ1n) is 5.74. The lowest BCUT2D eigenvalue weighted by molar-refractivity contribution is 0.473. The number of nitrogens with zero attached hydrogens (tertiary/aromatic N) is 4. The molecule has 5 nitrogen and oxygen atoms in total. The number of fused-ring (bicyclic) bond motifs is 1. The maximum Gasteiger partial charge on any atom is 0.142 e. The van der Waals surface area contributed by atoms with E-state index in [4.69, 9.17) is 0 Å². The molecule has 5 heteroatoms. The molecule has 18 heavy (non-hydrogen) atoms. The van der Waals surface area contributed by atoms with Gasteiger partial charge in [-0.1, -0.05) is 0 Å². The summed E-state index contributed by atoms with van der Waals surface area (Å²) in [4.78, 5) is 12.6. The first-order valence-corrected chi connectivity index (χ1v) is 5.74. The third-order valence-corrected chi connectivity index (χ3v) is 2.85. The molecule has 1 N–H and O–H groups in total. The van der Waals surface area contributed by atoms with Crippen molar-refractivity contribution >= 4 is 11.0 Å². The Morgan fingerprint density at radius 3 is 2.89 bits per heavy atom. The minimum atomic E-state index is 0.139. The Hall–Kier alpha value is -2.43. The monoisotopic (exact) mass is 240 g/mol. The predicted octanol–water partition coefficient (Wildman–Crippen LogP) is 2.22. The highest BCUT2D eigenvalue weighted by Gasteiger charge is 2.11. The number of aromatic hydroxyl groups is 1. The molecule has 0 fully saturated rings. The lowest BCUT2D eigenvalue weighted by atomic mass is 10.2. The fourth-order valence-corrected chi connectivity index (χ4v) is 2.07. The van der Waals surface area contributed by atoms with Crippen molar-refractivity contribution < 1.29 is 5.11 Å². The van der Waals surface area contributed by atoms with Crippen molar-refractivity contribution in [2.75, 3.05) is 0 Å². The minimum Gasteiger partial charge on any atom is -0.506 e. The highest BCUT2D eigenvalue weighted by atomic mass is 16.3. The van der Waals surface area contributed by atoms with E-state index in [2.05, 4.69) is 26.4 Å². The second-order valence-electron chi connectivity index (χ2n) is 3.98. The Kier molecular flexibility index (Phi) is 2.44. The molecule has 90 valence electrons. The highest BCUT2D eigenvalue weighted by Crippen LogP contribution is 2.25. The molecule has 3 aromatic heterocycles. The Morgan fingerprint density at radius 2 is 2.11 bits per heavy atom. The number of aryl methyl sites for hydroxylation is 1. The average molecular weight is 240 g/mol. The zero-order valence-electron chi connectivity index (χ0n) is 9.91. The van der Waals surface area contributed by atoms with Crippen LogP contribution >= 0.6 is 0 Å². The summed E-state index contributed by atoms with van der Waals surface area (Å²) in [6.45, 7) is 2.85. The van der Waals surface area contributed by atoms with Crippen LogP contribution in [0.5, 0.6) is 5.75 Å². The highest BCUT2D eigenvalue weighted by molar-refractivity contribution is 5.79. The summed E-state index contributed by atoms with van der Waals surface area (Å²) >= 11 is 0. The summed E-state index contributed by atoms with van der Waals surface area (Å²) in [5.74, 6) is 0.934. The van der Waals surface area contributed by atoms with E-state index in [9.17, 15) is 5.11 Å². The molecule has 0 aliphatic rings. The number of hydrogen-bond acceptors (Lipinski definition) is 4. The van der Waals surface area contributed by atoms with E-state index in [1.165, 1.54) is 6.20 Å². The SMILES string of the molecule is CCn1c(-c2cncc(O)c2)nc2cnccc21. The van der Waals surface area contributed by atoms with Gasteiger partial charge in [0.2, 0.25) is 0 Å². The first-order chi connectivity index (χ1) is 8.79. The van der Waals surface area contributed by atoms with Gasteiger partial charge in [0.25, 0.3) is 0 Å². The first kappa shape index (κ1) is 10.7. The van der Waals surface area contributed by atoms with Crippen LogP contribution in [0.1, 0.15) is 6.92 Å². The summed E-state index contributed by atoms with van der Waals surface area (Å²) < 4.78 is 2.08. The van der Waals surface area contributed by atoms with Gasteiger partial charge in [0.15, 0.2) is 0 Å². The minimum absolute atomic E-state index is 0.139. The molecule has 0 saturated heterocycles. The maximum absolute atomic E-state index is 9.50. The zero-order chi connectivity index (χ0) is 12.5. The van der Waals surface area contributed by atoms with Crippen LogP contribution < -0.4 is 0 Å². The van der Waals surface area contributed by atoms with E-state index in [0.717, 1.165) is 29.0 Å². The van der Waals surface area contributed by atoms with Crippen LogP contribution in [0.2, 0.25) is 0 Å². The van der Waals surface area contributed by atoms with Crippen molar-refractivity contribution in [3.63, 3.8) is 0 Å². The van der Waals surface area contributed by atoms with Gasteiger partial charge in [-0.2, -0.15) is 0 Å². The van der Waals surface area contributed by atoms with Gasteiger partial charge >= 0.3 is 0 Å². The molecule has 0 bridgehead atoms. The number of imidazole rings is 1. The molecule has 0 atom stereocenters. The second-order valence-corrected chi connectivity index (χ2v) is 3.98. The smallest absolute Gasteiger partial charge is 0.142 e. The van der Waals surface area contributed by atoms with E-state index in [1.807, 2.05) is 6.07 Å². The van der Waals surface area contributed by atoms with E-state index >= 15 is 0 Å². The van der Waals surface area contributed by atoms with E-state index in [-0.39, 0.29) is 5.75 Å². The second kappa shape index (κ2) is 4.10. The van der Waals surface area contributed by atoms with Crippen LogP contribution in [0, 0.1) is 0 Å². The Morgan fingerprint density at radius 1 is 1.22 bits per heavy atom. The summed E-state index contributed by atoms with van der Waals surface area (Å²) in [5.41, 5.74) is 2.68. The molecule has 0 spiro atoms. The molecule has 3 aromatic rings. The van der Waals surface area contributed by atoms with E-state index < -0.39 is 0 Å². The fourth-order valence-electron chi connectivity index (χ4n) is 2.07. The molecule has 0 saturated carbocycles. The van der Waals surface area contributed by atoms with Crippen molar-refractivity contribution in [1.82, 2.24) is 19.5 Å². The van der Waals surface area contributed by atoms with Crippen LogP contribution in [0.25, 0.3) is 22.4 Å². The third-order valence-electron chi connectivity index (χ3n) is 2.85. The summed E-state index contributed by atoms with van der Waals surface area (Å²) in [7, 11) is 0. The van der Waals surface area contributed by atoms with Gasteiger partial charge in [0.1, 0.15) is 17.1 Å². The van der Waals surface area contributed by atoms with Crippen molar-refractivity contribution in [2.24, 2.45) is 0 Å². The largest absolute Gasteiger partial charge is 0.506 e. The number of hydrogen-bond donors (Lipinski definition) is 1. The fraction of sp³-hybridized carbons (Fsp3) is 0.154. The molecular weight excluding hydrogens is 228 g/mol. The van der Waals surface area contributed by atoms with Gasteiger partial charge in [0, 0.05) is 24.5 Å². The van der Waals surface area contributed by atoms with E-state index in [1.54, 1.807) is 24.7 Å². The average Bonchev–Trinajstić information content (AvgIpc) is 2.77. The lowest BCUT2D eigenvalue weighted by Gasteiger charge is -2.05. The molecule has 0 aliphatic heterocycles. The number of pyridine rings is 2. The van der Waals surface area contributed by atoms with Gasteiger partial charge in [-0.25, -0.2) is 4.98 Å².